The van der Waals surface area contributed by atoms with E-state index in [4.69, 9.17) is 13.8 Å². The van der Waals surface area contributed by atoms with Crippen LogP contribution in [0.5, 0.6) is 0 Å². The zero-order valence-electron chi connectivity index (χ0n) is 31.6. The highest BCUT2D eigenvalue weighted by atomic mass is 31.3. The summed E-state index contributed by atoms with van der Waals surface area (Å²) in [5.74, 6) is 0. The Bertz CT molecular complexity index is 1580. The van der Waals surface area contributed by atoms with Crippen molar-refractivity contribution in [3.63, 3.8) is 0 Å². The third kappa shape index (κ3) is 20.9. The van der Waals surface area contributed by atoms with E-state index in [-0.39, 0.29) is 18.8 Å². The molecule has 0 spiro atoms. The van der Waals surface area contributed by atoms with Crippen LogP contribution in [0.15, 0.2) is 27.9 Å². The lowest BCUT2D eigenvalue weighted by Crippen LogP contribution is -2.33. The molecule has 0 radical (unpaired) electrons. The standard InChI is InChI=1S/C32H60N2O16P4/c1-4-6-8-9-10-11-12-13-14-15-16-17-18-19-20-21-25-45-54(43,44-24-7-5-2)50-53(41,42)49-52(39,40)48-51(37,38)46-27-29-22-23-30(47-29)34-26-28(3)31(35)33-32(34)36/h22-23,26,29-30H,4-21,24-25,27H2,1-3H3,(H,37,38)(H,39,40)(H,41,42)(H,33,35,36)/t29-,30+,54?/m0/s1. The van der Waals surface area contributed by atoms with E-state index >= 15 is 0 Å². The van der Waals surface area contributed by atoms with Gasteiger partial charge in [0.05, 0.1) is 19.8 Å². The molecule has 2 rings (SSSR count). The summed E-state index contributed by atoms with van der Waals surface area (Å²) in [7, 11) is -22.0. The van der Waals surface area contributed by atoms with Crippen molar-refractivity contribution in [2.45, 2.75) is 149 Å². The van der Waals surface area contributed by atoms with Gasteiger partial charge in [0, 0.05) is 11.8 Å². The van der Waals surface area contributed by atoms with E-state index in [2.05, 4.69) is 29.4 Å². The number of hydrogen-bond donors (Lipinski definition) is 4. The molecule has 1 aliphatic heterocycles. The molecule has 6 atom stereocenters. The van der Waals surface area contributed by atoms with Gasteiger partial charge in [0.2, 0.25) is 0 Å². The molecule has 54 heavy (non-hydrogen) atoms. The monoisotopic (exact) mass is 852 g/mol. The topological polar surface area (TPSA) is 248 Å². The van der Waals surface area contributed by atoms with Crippen LogP contribution in [0.25, 0.3) is 0 Å². The van der Waals surface area contributed by atoms with Gasteiger partial charge in [-0.3, -0.25) is 27.9 Å². The van der Waals surface area contributed by atoms with Crippen molar-refractivity contribution in [2.75, 3.05) is 19.8 Å². The number of unbranched alkanes of at least 4 members (excludes halogenated alkanes) is 16. The van der Waals surface area contributed by atoms with E-state index in [9.17, 15) is 42.5 Å². The second-order valence-corrected chi connectivity index (χ2v) is 19.6. The van der Waals surface area contributed by atoms with Crippen molar-refractivity contribution in [1.29, 1.82) is 0 Å². The van der Waals surface area contributed by atoms with Gasteiger partial charge in [-0.15, -0.1) is 0 Å². The average Bonchev–Trinajstić information content (AvgIpc) is 3.54. The van der Waals surface area contributed by atoms with Crippen LogP contribution in [-0.2, 0) is 49.5 Å². The number of phosphoric ester groups is 2. The molecule has 4 N–H and O–H groups in total. The highest BCUT2D eigenvalue weighted by molar-refractivity contribution is 7.69. The van der Waals surface area contributed by atoms with Crippen LogP contribution < -0.4 is 11.2 Å². The molecule has 2 heterocycles. The van der Waals surface area contributed by atoms with E-state index in [0.29, 0.717) is 19.3 Å². The van der Waals surface area contributed by atoms with E-state index in [1.54, 1.807) is 0 Å². The minimum absolute atomic E-state index is 0.177. The first-order valence-electron chi connectivity index (χ1n) is 18.8. The van der Waals surface area contributed by atoms with Gasteiger partial charge >= 0.3 is 37.0 Å². The zero-order valence-corrected chi connectivity index (χ0v) is 35.2. The first-order valence-corrected chi connectivity index (χ1v) is 24.8. The molecule has 0 fully saturated rings. The molecule has 1 aliphatic rings. The van der Waals surface area contributed by atoms with Gasteiger partial charge in [-0.1, -0.05) is 123 Å². The largest absolute Gasteiger partial charge is 0.490 e. The Morgan fingerprint density at radius 3 is 1.65 bits per heavy atom. The van der Waals surface area contributed by atoms with E-state index in [0.717, 1.165) is 30.3 Å². The summed E-state index contributed by atoms with van der Waals surface area (Å²) in [5.41, 5.74) is -1.15. The molecule has 0 saturated carbocycles. The lowest BCUT2D eigenvalue weighted by molar-refractivity contribution is -0.0105. The van der Waals surface area contributed by atoms with Crippen LogP contribution in [-0.4, -0.2) is 50.2 Å². The van der Waals surface area contributed by atoms with Crippen LogP contribution in [0.4, 0.5) is 0 Å². The third-order valence-electron chi connectivity index (χ3n) is 8.24. The van der Waals surface area contributed by atoms with E-state index in [1.807, 2.05) is 6.92 Å². The van der Waals surface area contributed by atoms with Crippen LogP contribution in [0.3, 0.4) is 0 Å². The van der Waals surface area contributed by atoms with Crippen molar-refractivity contribution in [1.82, 2.24) is 9.55 Å². The lowest BCUT2D eigenvalue weighted by atomic mass is 10.0. The molecule has 0 saturated heterocycles. The number of H-pyrrole nitrogens is 1. The second kappa shape index (κ2) is 25.3. The SMILES string of the molecule is CCCCCCCCCCCCCCCCCCOP(=O)(OCCCC)OP(=O)(O)OP(=O)(O)OP(=O)(O)OC[C@@H]1C=C[C@H](n2cc(C)c(=O)[nH]c2=O)O1. The van der Waals surface area contributed by atoms with Crippen molar-refractivity contribution >= 4 is 31.3 Å². The Hall–Kier alpha value is -1.06. The Morgan fingerprint density at radius 2 is 1.11 bits per heavy atom. The summed E-state index contributed by atoms with van der Waals surface area (Å²) < 4.78 is 85.0. The normalized spacial score (nSPS) is 20.3. The predicted octanol–water partition coefficient (Wildman–Crippen LogP) is 8.87. The highest BCUT2D eigenvalue weighted by Crippen LogP contribution is 2.72. The Labute approximate surface area is 317 Å². The smallest absolute Gasteiger partial charge is 0.344 e. The number of ether oxygens (including phenoxy) is 1. The summed E-state index contributed by atoms with van der Waals surface area (Å²) in [6, 6.07) is 0. The molecule has 22 heteroatoms. The number of phosphoric acid groups is 4. The molecular formula is C32H60N2O16P4. The van der Waals surface area contributed by atoms with Crippen LogP contribution in [0, 0.1) is 6.92 Å². The number of nitrogens with zero attached hydrogens (tertiary/aromatic N) is 1. The highest BCUT2D eigenvalue weighted by Gasteiger charge is 2.47. The van der Waals surface area contributed by atoms with Gasteiger partial charge in [0.25, 0.3) is 5.56 Å². The zero-order chi connectivity index (χ0) is 40.1. The number of aryl methyl sites for hydroxylation is 1. The van der Waals surface area contributed by atoms with Crippen LogP contribution >= 0.6 is 31.3 Å². The fourth-order valence-electron chi connectivity index (χ4n) is 5.36. The molecule has 0 aliphatic carbocycles. The number of nitrogens with one attached hydrogen (secondary N) is 1. The fraction of sp³-hybridized carbons (Fsp3) is 0.812. The van der Waals surface area contributed by atoms with Crippen molar-refractivity contribution < 1.29 is 64.2 Å². The van der Waals surface area contributed by atoms with Crippen LogP contribution in [0.1, 0.15) is 141 Å². The van der Waals surface area contributed by atoms with E-state index in [1.165, 1.54) is 95.9 Å². The summed E-state index contributed by atoms with van der Waals surface area (Å²) in [4.78, 5) is 56.0. The number of hydrogen-bond acceptors (Lipinski definition) is 13. The van der Waals surface area contributed by atoms with Gasteiger partial charge in [-0.05, 0) is 25.8 Å². The molecular weight excluding hydrogens is 792 g/mol. The number of aromatic amines is 1. The first kappa shape index (κ1) is 49.1. The quantitative estimate of drug-likeness (QED) is 0.0300. The van der Waals surface area contributed by atoms with Gasteiger partial charge in [-0.25, -0.2) is 23.1 Å². The Kier molecular flexibility index (Phi) is 23.0. The van der Waals surface area contributed by atoms with Crippen molar-refractivity contribution in [3.05, 3.63) is 44.8 Å². The molecule has 1 aromatic heterocycles. The minimum atomic E-state index is -5.90. The molecule has 0 amide bonds. The summed E-state index contributed by atoms with van der Waals surface area (Å²) in [5, 5.41) is 0. The molecule has 314 valence electrons. The maximum absolute atomic E-state index is 13.2. The van der Waals surface area contributed by atoms with Crippen molar-refractivity contribution in [2.24, 2.45) is 0 Å². The number of aromatic nitrogens is 2. The average molecular weight is 853 g/mol. The molecule has 4 unspecified atom stereocenters. The molecule has 1 aromatic rings. The first-order chi connectivity index (χ1) is 25.5. The lowest BCUT2D eigenvalue weighted by Gasteiger charge is -2.22. The van der Waals surface area contributed by atoms with Crippen LogP contribution in [0.2, 0.25) is 0 Å². The van der Waals surface area contributed by atoms with Gasteiger partial charge in [0.15, 0.2) is 6.23 Å². The molecule has 18 nitrogen and oxygen atoms in total. The van der Waals surface area contributed by atoms with Gasteiger partial charge < -0.3 is 19.4 Å². The molecule has 0 aromatic carbocycles. The fourth-order valence-corrected chi connectivity index (χ4v) is 10.9. The summed E-state index contributed by atoms with van der Waals surface area (Å²) >= 11 is 0. The van der Waals surface area contributed by atoms with Crippen molar-refractivity contribution in [3.8, 4) is 0 Å². The third-order valence-corrected chi connectivity index (χ3v) is 14.6. The maximum Gasteiger partial charge on any atom is 0.490 e. The Morgan fingerprint density at radius 1 is 0.648 bits per heavy atom. The summed E-state index contributed by atoms with van der Waals surface area (Å²) in [6.07, 6.45) is 21.2. The molecule has 0 bridgehead atoms. The Balaban J connectivity index is 1.74. The van der Waals surface area contributed by atoms with Gasteiger partial charge in [0.1, 0.15) is 6.10 Å². The van der Waals surface area contributed by atoms with E-state index < -0.39 is 61.5 Å². The second-order valence-electron chi connectivity index (χ2n) is 13.1. The summed E-state index contributed by atoms with van der Waals surface area (Å²) in [6.45, 7) is 4.37. The minimum Gasteiger partial charge on any atom is -0.344 e. The number of rotatable bonds is 32. The predicted molar refractivity (Wildman–Crippen MR) is 202 cm³/mol. The van der Waals surface area contributed by atoms with Gasteiger partial charge in [-0.2, -0.15) is 12.9 Å². The maximum atomic E-state index is 13.2.